The SMILES string of the molecule is CC(C)Oc1ccc(-c2nc(-c3cccc4c3CCN(C(=O)CCN)C4)no2)cc1C#N.Cl. The van der Waals surface area contributed by atoms with Gasteiger partial charge < -0.3 is 19.9 Å². The van der Waals surface area contributed by atoms with Gasteiger partial charge in [-0.25, -0.2) is 0 Å². The highest BCUT2D eigenvalue weighted by Crippen LogP contribution is 2.31. The highest BCUT2D eigenvalue weighted by Gasteiger charge is 2.24. The van der Waals surface area contributed by atoms with E-state index in [4.69, 9.17) is 15.0 Å². The van der Waals surface area contributed by atoms with Gasteiger partial charge in [0.05, 0.1) is 11.7 Å². The summed E-state index contributed by atoms with van der Waals surface area (Å²) in [5.74, 6) is 1.42. The van der Waals surface area contributed by atoms with Crippen LogP contribution in [0.3, 0.4) is 0 Å². The zero-order valence-electron chi connectivity index (χ0n) is 18.6. The number of hydrogen-bond donors (Lipinski definition) is 1. The second-order valence-electron chi connectivity index (χ2n) is 7.96. The third-order valence-electron chi connectivity index (χ3n) is 5.35. The van der Waals surface area contributed by atoms with Gasteiger partial charge in [-0.2, -0.15) is 10.2 Å². The fourth-order valence-corrected chi connectivity index (χ4v) is 3.87. The monoisotopic (exact) mass is 467 g/mol. The van der Waals surface area contributed by atoms with E-state index in [0.29, 0.717) is 61.1 Å². The molecule has 0 spiro atoms. The summed E-state index contributed by atoms with van der Waals surface area (Å²) in [5, 5.41) is 13.7. The molecule has 8 nitrogen and oxygen atoms in total. The van der Waals surface area contributed by atoms with Gasteiger partial charge in [0, 0.05) is 37.2 Å². The largest absolute Gasteiger partial charge is 0.490 e. The average molecular weight is 468 g/mol. The molecule has 0 fully saturated rings. The Balaban J connectivity index is 0.00000306. The third-order valence-corrected chi connectivity index (χ3v) is 5.35. The first kappa shape index (κ1) is 24.2. The van der Waals surface area contributed by atoms with Crippen LogP contribution in [0.15, 0.2) is 40.9 Å². The van der Waals surface area contributed by atoms with Gasteiger partial charge in [-0.1, -0.05) is 23.4 Å². The zero-order chi connectivity index (χ0) is 22.7. The number of nitrogens with two attached hydrogens (primary N) is 1. The Kier molecular flexibility index (Phi) is 7.69. The first-order valence-corrected chi connectivity index (χ1v) is 10.6. The van der Waals surface area contributed by atoms with Gasteiger partial charge >= 0.3 is 0 Å². The summed E-state index contributed by atoms with van der Waals surface area (Å²) < 4.78 is 11.2. The summed E-state index contributed by atoms with van der Waals surface area (Å²) in [4.78, 5) is 18.7. The minimum absolute atomic E-state index is 0. The van der Waals surface area contributed by atoms with Crippen molar-refractivity contribution in [2.45, 2.75) is 39.3 Å². The maximum atomic E-state index is 12.2. The molecule has 0 saturated heterocycles. The number of fused-ring (bicyclic) bond motifs is 1. The minimum Gasteiger partial charge on any atom is -0.490 e. The number of nitriles is 1. The summed E-state index contributed by atoms with van der Waals surface area (Å²) >= 11 is 0. The molecule has 0 radical (unpaired) electrons. The van der Waals surface area contributed by atoms with Crippen molar-refractivity contribution in [1.29, 1.82) is 5.26 Å². The minimum atomic E-state index is -0.0336. The van der Waals surface area contributed by atoms with E-state index in [1.807, 2.05) is 36.9 Å². The fraction of sp³-hybridized carbons (Fsp3) is 0.333. The van der Waals surface area contributed by atoms with Crippen molar-refractivity contribution < 1.29 is 14.1 Å². The Labute approximate surface area is 198 Å². The van der Waals surface area contributed by atoms with Crippen molar-refractivity contribution in [3.05, 3.63) is 53.1 Å². The van der Waals surface area contributed by atoms with Crippen LogP contribution >= 0.6 is 12.4 Å². The molecule has 9 heteroatoms. The molecule has 172 valence electrons. The molecule has 2 aromatic carbocycles. The van der Waals surface area contributed by atoms with Gasteiger partial charge in [0.15, 0.2) is 0 Å². The number of benzene rings is 2. The van der Waals surface area contributed by atoms with Crippen LogP contribution in [0.2, 0.25) is 0 Å². The molecular weight excluding hydrogens is 442 g/mol. The van der Waals surface area contributed by atoms with Crippen molar-refractivity contribution in [1.82, 2.24) is 15.0 Å². The summed E-state index contributed by atoms with van der Waals surface area (Å²) in [6.07, 6.45) is 1.04. The number of carbonyl (C=O) groups excluding carboxylic acids is 1. The maximum Gasteiger partial charge on any atom is 0.258 e. The van der Waals surface area contributed by atoms with Crippen molar-refractivity contribution in [2.75, 3.05) is 13.1 Å². The van der Waals surface area contributed by atoms with E-state index in [2.05, 4.69) is 16.2 Å². The predicted molar refractivity (Wildman–Crippen MR) is 126 cm³/mol. The molecule has 1 amide bonds. The Hall–Kier alpha value is -3.41. The van der Waals surface area contributed by atoms with Crippen molar-refractivity contribution in [2.24, 2.45) is 5.73 Å². The topological polar surface area (TPSA) is 118 Å². The van der Waals surface area contributed by atoms with Crippen LogP contribution in [-0.4, -0.2) is 40.1 Å². The Morgan fingerprint density at radius 2 is 2.15 bits per heavy atom. The molecule has 0 atom stereocenters. The van der Waals surface area contributed by atoms with E-state index in [1.165, 1.54) is 0 Å². The summed E-state index contributed by atoms with van der Waals surface area (Å²) in [7, 11) is 0. The number of ether oxygens (including phenoxy) is 1. The molecule has 2 N–H and O–H groups in total. The predicted octanol–water partition coefficient (Wildman–Crippen LogP) is 3.72. The van der Waals surface area contributed by atoms with Gasteiger partial charge in [0.2, 0.25) is 11.7 Å². The van der Waals surface area contributed by atoms with Crippen LogP contribution in [0.4, 0.5) is 0 Å². The van der Waals surface area contributed by atoms with E-state index in [9.17, 15) is 10.1 Å². The fourth-order valence-electron chi connectivity index (χ4n) is 3.87. The number of carbonyl (C=O) groups is 1. The van der Waals surface area contributed by atoms with Crippen LogP contribution in [0.25, 0.3) is 22.8 Å². The maximum absolute atomic E-state index is 12.2. The van der Waals surface area contributed by atoms with Crippen molar-refractivity contribution in [3.8, 4) is 34.7 Å². The Morgan fingerprint density at radius 3 is 2.88 bits per heavy atom. The highest BCUT2D eigenvalue weighted by atomic mass is 35.5. The average Bonchev–Trinajstić information content (AvgIpc) is 3.28. The van der Waals surface area contributed by atoms with Crippen LogP contribution in [0.5, 0.6) is 5.75 Å². The van der Waals surface area contributed by atoms with Gasteiger partial charge in [-0.3, -0.25) is 4.79 Å². The normalized spacial score (nSPS) is 12.6. The molecule has 0 saturated carbocycles. The number of hydrogen-bond acceptors (Lipinski definition) is 7. The first-order chi connectivity index (χ1) is 15.5. The lowest BCUT2D eigenvalue weighted by molar-refractivity contribution is -0.131. The van der Waals surface area contributed by atoms with E-state index in [0.717, 1.165) is 16.7 Å². The molecular formula is C24H26ClN5O3. The van der Waals surface area contributed by atoms with Gasteiger partial charge in [0.1, 0.15) is 11.8 Å². The smallest absolute Gasteiger partial charge is 0.258 e. The van der Waals surface area contributed by atoms with Crippen molar-refractivity contribution >= 4 is 18.3 Å². The lowest BCUT2D eigenvalue weighted by Gasteiger charge is -2.29. The van der Waals surface area contributed by atoms with Crippen molar-refractivity contribution in [3.63, 3.8) is 0 Å². The van der Waals surface area contributed by atoms with Gasteiger partial charge in [-0.15, -0.1) is 12.4 Å². The Morgan fingerprint density at radius 1 is 1.33 bits per heavy atom. The standard InChI is InChI=1S/C24H25N5O3.ClH/c1-15(2)31-21-7-6-16(12-18(21)13-26)24-27-23(28-32-24)20-5-3-4-17-14-29(11-9-19(17)20)22(30)8-10-25;/h3-7,12,15H,8-11,14,25H2,1-2H3;1H. The molecule has 2 heterocycles. The second-order valence-corrected chi connectivity index (χ2v) is 7.96. The Bertz CT molecular complexity index is 1190. The van der Waals surface area contributed by atoms with E-state index in [-0.39, 0.29) is 24.4 Å². The lowest BCUT2D eigenvalue weighted by Crippen LogP contribution is -2.37. The summed E-state index contributed by atoms with van der Waals surface area (Å²) in [6, 6.07) is 13.3. The molecule has 33 heavy (non-hydrogen) atoms. The molecule has 1 aromatic heterocycles. The summed E-state index contributed by atoms with van der Waals surface area (Å²) in [5.41, 5.74) is 9.68. The van der Waals surface area contributed by atoms with Gasteiger partial charge in [0.25, 0.3) is 5.89 Å². The van der Waals surface area contributed by atoms with E-state index < -0.39 is 0 Å². The number of nitrogens with zero attached hydrogens (tertiary/aromatic N) is 4. The molecule has 0 unspecified atom stereocenters. The molecule has 3 aromatic rings. The third kappa shape index (κ3) is 5.16. The first-order valence-electron chi connectivity index (χ1n) is 10.6. The molecule has 0 aliphatic carbocycles. The van der Waals surface area contributed by atoms with E-state index in [1.54, 1.807) is 18.2 Å². The number of halogens is 1. The number of amides is 1. The van der Waals surface area contributed by atoms with Crippen LogP contribution in [-0.2, 0) is 17.8 Å². The molecule has 1 aliphatic rings. The quantitative estimate of drug-likeness (QED) is 0.586. The lowest BCUT2D eigenvalue weighted by atomic mass is 9.94. The van der Waals surface area contributed by atoms with E-state index >= 15 is 0 Å². The number of rotatable bonds is 6. The summed E-state index contributed by atoms with van der Waals surface area (Å²) in [6.45, 7) is 5.36. The van der Waals surface area contributed by atoms with Crippen LogP contribution in [0.1, 0.15) is 37.0 Å². The zero-order valence-corrected chi connectivity index (χ0v) is 19.4. The second kappa shape index (κ2) is 10.5. The van der Waals surface area contributed by atoms with Crippen LogP contribution in [0, 0.1) is 11.3 Å². The van der Waals surface area contributed by atoms with Crippen LogP contribution < -0.4 is 10.5 Å². The number of aromatic nitrogens is 2. The highest BCUT2D eigenvalue weighted by molar-refractivity contribution is 5.85. The van der Waals surface area contributed by atoms with Gasteiger partial charge in [-0.05, 0) is 49.6 Å². The molecule has 0 bridgehead atoms. The molecule has 1 aliphatic heterocycles. The molecule has 4 rings (SSSR count).